The number of nitrogens with zero attached hydrogens (tertiary/aromatic N) is 3. The van der Waals surface area contributed by atoms with Crippen LogP contribution in [0.4, 0.5) is 13.2 Å². The first-order valence-corrected chi connectivity index (χ1v) is 8.34. The Bertz CT molecular complexity index is 820. The van der Waals surface area contributed by atoms with Crippen molar-refractivity contribution in [1.29, 1.82) is 0 Å². The van der Waals surface area contributed by atoms with Gasteiger partial charge in [-0.3, -0.25) is 4.79 Å². The Morgan fingerprint density at radius 1 is 1.31 bits per heavy atom. The summed E-state index contributed by atoms with van der Waals surface area (Å²) >= 11 is 6.04. The van der Waals surface area contributed by atoms with Crippen LogP contribution >= 0.6 is 11.6 Å². The van der Waals surface area contributed by atoms with Gasteiger partial charge in [0.1, 0.15) is 0 Å². The van der Waals surface area contributed by atoms with Crippen LogP contribution in [0.1, 0.15) is 36.1 Å². The molecule has 1 aliphatic rings. The number of alkyl halides is 3. The fraction of sp³-hybridized carbons (Fsp3) is 0.353. The Balaban J connectivity index is 1.67. The van der Waals surface area contributed by atoms with Crippen molar-refractivity contribution in [2.45, 2.75) is 24.9 Å². The van der Waals surface area contributed by atoms with Gasteiger partial charge >= 0.3 is 12.1 Å². The number of likely N-dealkylation sites (tertiary alicyclic amines) is 1. The molecule has 26 heavy (non-hydrogen) atoms. The summed E-state index contributed by atoms with van der Waals surface area (Å²) in [6.07, 6.45) is -0.439. The molecule has 3 rings (SSSR count). The van der Waals surface area contributed by atoms with Crippen LogP contribution < -0.4 is 0 Å². The first kappa shape index (κ1) is 18.4. The number of carbonyl (C=O) groups is 1. The van der Waals surface area contributed by atoms with Crippen molar-refractivity contribution in [2.75, 3.05) is 13.1 Å². The van der Waals surface area contributed by atoms with Crippen molar-refractivity contribution in [1.82, 2.24) is 15.1 Å². The van der Waals surface area contributed by atoms with Gasteiger partial charge in [-0.1, -0.05) is 29.8 Å². The maximum Gasteiger partial charge on any atom is 0.470 e. The van der Waals surface area contributed by atoms with Crippen LogP contribution in [0.3, 0.4) is 0 Å². The van der Waals surface area contributed by atoms with Crippen molar-refractivity contribution in [3.05, 3.63) is 52.7 Å². The van der Waals surface area contributed by atoms with E-state index in [0.717, 1.165) is 0 Å². The molecule has 1 atom stereocenters. The number of hydrogen-bond acceptors (Lipinski definition) is 4. The van der Waals surface area contributed by atoms with E-state index < -0.39 is 18.0 Å². The zero-order valence-corrected chi connectivity index (χ0v) is 14.3. The van der Waals surface area contributed by atoms with Gasteiger partial charge in [-0.25, -0.2) is 0 Å². The largest absolute Gasteiger partial charge is 0.470 e. The lowest BCUT2D eigenvalue weighted by atomic mass is 9.98. The predicted molar refractivity (Wildman–Crippen MR) is 88.3 cm³/mol. The van der Waals surface area contributed by atoms with Gasteiger partial charge in [-0.05, 0) is 30.5 Å². The van der Waals surface area contributed by atoms with Crippen LogP contribution in [0, 0.1) is 0 Å². The number of carbonyl (C=O) groups excluding carboxylic acids is 1. The Kier molecular flexibility index (Phi) is 5.31. The molecule has 0 saturated carbocycles. The summed E-state index contributed by atoms with van der Waals surface area (Å²) in [4.78, 5) is 13.9. The van der Waals surface area contributed by atoms with Crippen LogP contribution in [0.15, 0.2) is 34.8 Å². The quantitative estimate of drug-likeness (QED) is 0.744. The molecule has 138 valence electrons. The third-order valence-corrected chi connectivity index (χ3v) is 4.42. The normalized spacial score (nSPS) is 18.5. The van der Waals surface area contributed by atoms with Crippen LogP contribution in [-0.4, -0.2) is 34.1 Å². The van der Waals surface area contributed by atoms with Gasteiger partial charge in [-0.2, -0.15) is 13.2 Å². The monoisotopic (exact) mass is 385 g/mol. The molecule has 5 nitrogen and oxygen atoms in total. The van der Waals surface area contributed by atoms with E-state index in [1.807, 2.05) is 0 Å². The molecule has 1 aromatic heterocycles. The highest BCUT2D eigenvalue weighted by Crippen LogP contribution is 2.32. The predicted octanol–water partition coefficient (Wildman–Crippen LogP) is 4.16. The smallest absolute Gasteiger partial charge is 0.417 e. The molecule has 1 saturated heterocycles. The van der Waals surface area contributed by atoms with Crippen molar-refractivity contribution < 1.29 is 22.4 Å². The molecule has 0 N–H and O–H groups in total. The molecule has 9 heteroatoms. The molecule has 0 spiro atoms. The Labute approximate surface area is 152 Å². The van der Waals surface area contributed by atoms with E-state index in [2.05, 4.69) is 10.2 Å². The Hall–Kier alpha value is -2.35. The summed E-state index contributed by atoms with van der Waals surface area (Å²) < 4.78 is 42.5. The number of halogens is 4. The van der Waals surface area contributed by atoms with Crippen molar-refractivity contribution in [2.24, 2.45) is 0 Å². The van der Waals surface area contributed by atoms with E-state index in [9.17, 15) is 18.0 Å². The minimum Gasteiger partial charge on any atom is -0.417 e. The number of amides is 1. The van der Waals surface area contributed by atoms with Crippen LogP contribution in [-0.2, 0) is 11.0 Å². The highest BCUT2D eigenvalue weighted by Gasteiger charge is 2.39. The lowest BCUT2D eigenvalue weighted by Gasteiger charge is -2.30. The van der Waals surface area contributed by atoms with Crippen molar-refractivity contribution >= 4 is 23.6 Å². The number of rotatable bonds is 3. The average molecular weight is 386 g/mol. The molecule has 2 aromatic rings. The lowest BCUT2D eigenvalue weighted by molar-refractivity contribution is -0.157. The van der Waals surface area contributed by atoms with E-state index in [1.165, 1.54) is 6.08 Å². The van der Waals surface area contributed by atoms with Gasteiger partial charge in [-0.15, -0.1) is 10.2 Å². The average Bonchev–Trinajstić information content (AvgIpc) is 3.11. The summed E-state index contributed by atoms with van der Waals surface area (Å²) in [5.74, 6) is -2.12. The summed E-state index contributed by atoms with van der Waals surface area (Å²) in [5, 5.41) is 7.07. The van der Waals surface area contributed by atoms with Gasteiger partial charge < -0.3 is 9.32 Å². The van der Waals surface area contributed by atoms with Gasteiger partial charge in [0.15, 0.2) is 0 Å². The van der Waals surface area contributed by atoms with E-state index >= 15 is 0 Å². The molecule has 1 fully saturated rings. The topological polar surface area (TPSA) is 59.2 Å². The lowest BCUT2D eigenvalue weighted by Crippen LogP contribution is -2.38. The third-order valence-electron chi connectivity index (χ3n) is 4.08. The van der Waals surface area contributed by atoms with Gasteiger partial charge in [0, 0.05) is 24.2 Å². The van der Waals surface area contributed by atoms with Gasteiger partial charge in [0.2, 0.25) is 11.8 Å². The highest BCUT2D eigenvalue weighted by molar-refractivity contribution is 6.32. The number of piperidine rings is 1. The molecule has 1 aliphatic heterocycles. The first-order chi connectivity index (χ1) is 12.3. The van der Waals surface area contributed by atoms with Crippen LogP contribution in [0.25, 0.3) is 6.08 Å². The second-order valence-corrected chi connectivity index (χ2v) is 6.33. The molecule has 1 aromatic carbocycles. The molecule has 0 bridgehead atoms. The minimum absolute atomic E-state index is 0.0927. The molecular formula is C17H15ClF3N3O2. The maximum atomic E-state index is 12.6. The fourth-order valence-corrected chi connectivity index (χ4v) is 2.97. The van der Waals surface area contributed by atoms with Crippen molar-refractivity contribution in [3.8, 4) is 0 Å². The van der Waals surface area contributed by atoms with Gasteiger partial charge in [0.05, 0.1) is 5.92 Å². The molecular weight excluding hydrogens is 371 g/mol. The molecule has 0 radical (unpaired) electrons. The van der Waals surface area contributed by atoms with E-state index in [4.69, 9.17) is 16.0 Å². The molecule has 0 aliphatic carbocycles. The SMILES string of the molecule is O=C(C=Cc1ccccc1Cl)N1CCCC(c2nnc(C(F)(F)F)o2)C1. The fourth-order valence-electron chi connectivity index (χ4n) is 2.77. The second kappa shape index (κ2) is 7.49. The molecule has 1 amide bonds. The molecule has 1 unspecified atom stereocenters. The van der Waals surface area contributed by atoms with E-state index in [-0.39, 0.29) is 18.3 Å². The van der Waals surface area contributed by atoms with E-state index in [1.54, 1.807) is 35.2 Å². The second-order valence-electron chi connectivity index (χ2n) is 5.92. The van der Waals surface area contributed by atoms with Crippen LogP contribution in [0.2, 0.25) is 5.02 Å². The Morgan fingerprint density at radius 3 is 2.77 bits per heavy atom. The van der Waals surface area contributed by atoms with E-state index in [0.29, 0.717) is 30.0 Å². The first-order valence-electron chi connectivity index (χ1n) is 7.96. The number of aromatic nitrogens is 2. The zero-order chi connectivity index (χ0) is 18.7. The Morgan fingerprint density at radius 2 is 2.08 bits per heavy atom. The summed E-state index contributed by atoms with van der Waals surface area (Å²) in [7, 11) is 0. The number of benzene rings is 1. The minimum atomic E-state index is -4.67. The zero-order valence-electron chi connectivity index (χ0n) is 13.5. The highest BCUT2D eigenvalue weighted by atomic mass is 35.5. The van der Waals surface area contributed by atoms with Crippen LogP contribution in [0.5, 0.6) is 0 Å². The summed E-state index contributed by atoms with van der Waals surface area (Å²) in [6, 6.07) is 7.09. The summed E-state index contributed by atoms with van der Waals surface area (Å²) in [5.41, 5.74) is 0.711. The number of hydrogen-bond donors (Lipinski definition) is 0. The summed E-state index contributed by atoms with van der Waals surface area (Å²) in [6.45, 7) is 0.744. The standard InChI is InChI=1S/C17H15ClF3N3O2/c18-13-6-2-1-4-11(13)7-8-14(25)24-9-3-5-12(10-24)15-22-23-16(26-15)17(19,20)21/h1-2,4,6-8,12H,3,5,9-10H2. The maximum absolute atomic E-state index is 12.6. The van der Waals surface area contributed by atoms with Crippen molar-refractivity contribution in [3.63, 3.8) is 0 Å². The third kappa shape index (κ3) is 4.24. The van der Waals surface area contributed by atoms with Gasteiger partial charge in [0.25, 0.3) is 0 Å². The molecule has 2 heterocycles.